The summed E-state index contributed by atoms with van der Waals surface area (Å²) in [6.45, 7) is 5.17. The molecule has 1 aromatic rings. The summed E-state index contributed by atoms with van der Waals surface area (Å²) < 4.78 is 0. The number of aromatic amines is 1. The Labute approximate surface area is 110 Å². The van der Waals surface area contributed by atoms with E-state index in [-0.39, 0.29) is 11.5 Å². The van der Waals surface area contributed by atoms with E-state index in [4.69, 9.17) is 0 Å². The Morgan fingerprint density at radius 3 is 2.42 bits per heavy atom. The smallest absolute Gasteiger partial charge is 0.264 e. The van der Waals surface area contributed by atoms with Crippen molar-refractivity contribution in [2.75, 3.05) is 26.2 Å². The highest BCUT2D eigenvalue weighted by Crippen LogP contribution is 2.07. The van der Waals surface area contributed by atoms with Gasteiger partial charge in [-0.1, -0.05) is 0 Å². The number of H-pyrrole nitrogens is 1. The minimum Gasteiger partial charge on any atom is -0.342 e. The van der Waals surface area contributed by atoms with Crippen molar-refractivity contribution >= 4 is 12.3 Å². The van der Waals surface area contributed by atoms with Crippen molar-refractivity contribution in [2.45, 2.75) is 13.8 Å². The first-order valence-corrected chi connectivity index (χ1v) is 6.09. The van der Waals surface area contributed by atoms with Crippen molar-refractivity contribution in [1.82, 2.24) is 19.8 Å². The number of rotatable bonds is 2. The molecule has 0 saturated carbocycles. The molecule has 102 valence electrons. The summed E-state index contributed by atoms with van der Waals surface area (Å²) in [5.74, 6) is 0.168. The molecular formula is C12H16N4O3. The van der Waals surface area contributed by atoms with Crippen molar-refractivity contribution in [3.05, 3.63) is 27.4 Å². The molecule has 1 aromatic heterocycles. The van der Waals surface area contributed by atoms with E-state index in [2.05, 4.69) is 9.97 Å². The second-order valence-corrected chi connectivity index (χ2v) is 4.55. The predicted octanol–water partition coefficient (Wildman–Crippen LogP) is -0.699. The molecule has 1 N–H and O–H groups in total. The lowest BCUT2D eigenvalue weighted by Gasteiger charge is -2.32. The van der Waals surface area contributed by atoms with Gasteiger partial charge in [0, 0.05) is 26.2 Å². The molecule has 0 radical (unpaired) electrons. The normalized spacial score (nSPS) is 15.5. The van der Waals surface area contributed by atoms with Gasteiger partial charge in [0.1, 0.15) is 11.4 Å². The van der Waals surface area contributed by atoms with Crippen LogP contribution in [0.5, 0.6) is 0 Å². The number of nitrogens with zero attached hydrogens (tertiary/aromatic N) is 3. The SMILES string of the molecule is Cc1nc(C)c(C(=O)N2CCN(C=O)CC2)c(=O)[nH]1. The molecule has 2 rings (SSSR count). The largest absolute Gasteiger partial charge is 0.342 e. The lowest BCUT2D eigenvalue weighted by molar-refractivity contribution is -0.119. The Bertz CT molecular complexity index is 559. The van der Waals surface area contributed by atoms with Crippen molar-refractivity contribution < 1.29 is 9.59 Å². The Hall–Kier alpha value is -2.18. The molecule has 1 aliphatic rings. The third kappa shape index (κ3) is 2.64. The minimum absolute atomic E-state index is 0.0881. The van der Waals surface area contributed by atoms with Crippen LogP contribution in [0.15, 0.2) is 4.79 Å². The van der Waals surface area contributed by atoms with E-state index in [0.29, 0.717) is 37.7 Å². The molecule has 7 heteroatoms. The van der Waals surface area contributed by atoms with Gasteiger partial charge in [0.15, 0.2) is 0 Å². The van der Waals surface area contributed by atoms with Crippen LogP contribution in [-0.2, 0) is 4.79 Å². The van der Waals surface area contributed by atoms with Gasteiger partial charge in [0.25, 0.3) is 11.5 Å². The molecule has 2 amide bonds. The van der Waals surface area contributed by atoms with Gasteiger partial charge >= 0.3 is 0 Å². The quantitative estimate of drug-likeness (QED) is 0.716. The highest BCUT2D eigenvalue weighted by atomic mass is 16.2. The average molecular weight is 264 g/mol. The first-order chi connectivity index (χ1) is 9.02. The van der Waals surface area contributed by atoms with Crippen LogP contribution in [0.3, 0.4) is 0 Å². The molecule has 0 atom stereocenters. The molecule has 2 heterocycles. The summed E-state index contributed by atoms with van der Waals surface area (Å²) in [4.78, 5) is 44.6. The summed E-state index contributed by atoms with van der Waals surface area (Å²) in [5, 5.41) is 0. The molecule has 0 aliphatic carbocycles. The van der Waals surface area contributed by atoms with E-state index in [1.807, 2.05) is 0 Å². The molecule has 1 fully saturated rings. The topological polar surface area (TPSA) is 86.4 Å². The molecule has 0 spiro atoms. The van der Waals surface area contributed by atoms with E-state index < -0.39 is 5.56 Å². The number of piperazine rings is 1. The molecule has 19 heavy (non-hydrogen) atoms. The van der Waals surface area contributed by atoms with Crippen LogP contribution >= 0.6 is 0 Å². The van der Waals surface area contributed by atoms with Gasteiger partial charge in [-0.3, -0.25) is 14.4 Å². The zero-order valence-electron chi connectivity index (χ0n) is 11.0. The number of hydrogen-bond donors (Lipinski definition) is 1. The standard InChI is InChI=1S/C12H16N4O3/c1-8-10(11(18)14-9(2)13-8)12(19)16-5-3-15(7-17)4-6-16/h7H,3-6H2,1-2H3,(H,13,14,18). The minimum atomic E-state index is -0.409. The van der Waals surface area contributed by atoms with Crippen LogP contribution in [0.4, 0.5) is 0 Å². The second-order valence-electron chi connectivity index (χ2n) is 4.55. The van der Waals surface area contributed by atoms with Gasteiger partial charge in [0.2, 0.25) is 6.41 Å². The number of carbonyl (C=O) groups is 2. The van der Waals surface area contributed by atoms with Crippen LogP contribution in [-0.4, -0.2) is 58.3 Å². The molecule has 1 saturated heterocycles. The fraction of sp³-hybridized carbons (Fsp3) is 0.500. The second kappa shape index (κ2) is 5.21. The summed E-state index contributed by atoms with van der Waals surface area (Å²) >= 11 is 0. The van der Waals surface area contributed by atoms with E-state index in [1.165, 1.54) is 0 Å². The number of amides is 2. The van der Waals surface area contributed by atoms with Gasteiger partial charge in [-0.15, -0.1) is 0 Å². The maximum absolute atomic E-state index is 12.3. The van der Waals surface area contributed by atoms with E-state index in [9.17, 15) is 14.4 Å². The van der Waals surface area contributed by atoms with Gasteiger partial charge in [-0.2, -0.15) is 0 Å². The van der Waals surface area contributed by atoms with E-state index in [0.717, 1.165) is 6.41 Å². The Kier molecular flexibility index (Phi) is 3.64. The van der Waals surface area contributed by atoms with Crippen LogP contribution in [0.1, 0.15) is 21.9 Å². The summed E-state index contributed by atoms with van der Waals surface area (Å²) in [5.41, 5.74) is 0.113. The Balaban J connectivity index is 2.22. The molecule has 0 bridgehead atoms. The molecule has 0 aromatic carbocycles. The van der Waals surface area contributed by atoms with Gasteiger partial charge in [-0.25, -0.2) is 4.98 Å². The summed E-state index contributed by atoms with van der Waals surface area (Å²) in [6, 6.07) is 0. The highest BCUT2D eigenvalue weighted by Gasteiger charge is 2.25. The molecule has 0 unspecified atom stereocenters. The molecular weight excluding hydrogens is 248 g/mol. The lowest BCUT2D eigenvalue weighted by Crippen LogP contribution is -2.49. The molecule has 1 aliphatic heterocycles. The first-order valence-electron chi connectivity index (χ1n) is 6.09. The Morgan fingerprint density at radius 2 is 1.89 bits per heavy atom. The van der Waals surface area contributed by atoms with Crippen LogP contribution in [0, 0.1) is 13.8 Å². The fourth-order valence-corrected chi connectivity index (χ4v) is 2.17. The van der Waals surface area contributed by atoms with Crippen LogP contribution in [0.2, 0.25) is 0 Å². The third-order valence-electron chi connectivity index (χ3n) is 3.18. The average Bonchev–Trinajstić information content (AvgIpc) is 2.37. The van der Waals surface area contributed by atoms with Crippen LogP contribution in [0.25, 0.3) is 0 Å². The van der Waals surface area contributed by atoms with Gasteiger partial charge < -0.3 is 14.8 Å². The summed E-state index contributed by atoms with van der Waals surface area (Å²) in [6.07, 6.45) is 0.771. The predicted molar refractivity (Wildman–Crippen MR) is 67.9 cm³/mol. The van der Waals surface area contributed by atoms with E-state index in [1.54, 1.807) is 23.6 Å². The van der Waals surface area contributed by atoms with Crippen molar-refractivity contribution in [1.29, 1.82) is 0 Å². The monoisotopic (exact) mass is 264 g/mol. The van der Waals surface area contributed by atoms with Crippen molar-refractivity contribution in [3.63, 3.8) is 0 Å². The van der Waals surface area contributed by atoms with E-state index >= 15 is 0 Å². The summed E-state index contributed by atoms with van der Waals surface area (Å²) in [7, 11) is 0. The molecule has 7 nitrogen and oxygen atoms in total. The number of aryl methyl sites for hydroxylation is 2. The third-order valence-corrected chi connectivity index (χ3v) is 3.18. The van der Waals surface area contributed by atoms with Crippen LogP contribution < -0.4 is 5.56 Å². The number of nitrogens with one attached hydrogen (secondary N) is 1. The Morgan fingerprint density at radius 1 is 1.26 bits per heavy atom. The number of aromatic nitrogens is 2. The fourth-order valence-electron chi connectivity index (χ4n) is 2.17. The maximum atomic E-state index is 12.3. The zero-order valence-corrected chi connectivity index (χ0v) is 11.0. The lowest BCUT2D eigenvalue weighted by atomic mass is 10.2. The van der Waals surface area contributed by atoms with Crippen molar-refractivity contribution in [2.24, 2.45) is 0 Å². The highest BCUT2D eigenvalue weighted by molar-refractivity contribution is 5.95. The van der Waals surface area contributed by atoms with Gasteiger partial charge in [0.05, 0.1) is 5.69 Å². The number of carbonyl (C=O) groups excluding carboxylic acids is 2. The maximum Gasteiger partial charge on any atom is 0.264 e. The van der Waals surface area contributed by atoms with Crippen molar-refractivity contribution in [3.8, 4) is 0 Å². The zero-order chi connectivity index (χ0) is 14.0. The first kappa shape index (κ1) is 13.3. The number of hydrogen-bond acceptors (Lipinski definition) is 4. The van der Waals surface area contributed by atoms with Gasteiger partial charge in [-0.05, 0) is 13.8 Å².